The van der Waals surface area contributed by atoms with Crippen molar-refractivity contribution in [1.29, 1.82) is 0 Å². The van der Waals surface area contributed by atoms with Crippen LogP contribution in [-0.4, -0.2) is 53.5 Å². The first-order valence-corrected chi connectivity index (χ1v) is 25.8. The van der Waals surface area contributed by atoms with Gasteiger partial charge in [0.25, 0.3) is 0 Å². The number of ether oxygens (including phenoxy) is 3. The summed E-state index contributed by atoms with van der Waals surface area (Å²) in [5.41, 5.74) is 2.18. The van der Waals surface area contributed by atoms with Gasteiger partial charge in [-0.05, 0) is 70.1 Å². The Balaban J connectivity index is 1.85. The first-order valence-electron chi connectivity index (χ1n) is 24.3. The molecule has 0 aromatic heterocycles. The van der Waals surface area contributed by atoms with Crippen LogP contribution in [0.2, 0.25) is 0 Å². The fourth-order valence-corrected chi connectivity index (χ4v) is 8.95. The van der Waals surface area contributed by atoms with E-state index >= 15 is 0 Å². The molecule has 0 aliphatic carbocycles. The Hall–Kier alpha value is -2.13. The third kappa shape index (κ3) is 22.8. The van der Waals surface area contributed by atoms with Gasteiger partial charge in [-0.2, -0.15) is 0 Å². The number of unbranched alkanes of at least 4 members (excludes halogenated alkanes) is 24. The monoisotopic (exact) mass is 867 g/mol. The molecule has 1 aromatic carbocycles. The molecule has 1 heterocycles. The molecule has 10 nitrogen and oxygen atoms in total. The van der Waals surface area contributed by atoms with E-state index in [0.717, 1.165) is 49.7 Å². The summed E-state index contributed by atoms with van der Waals surface area (Å²) in [7, 11) is -4.71. The van der Waals surface area contributed by atoms with E-state index in [0.29, 0.717) is 36.1 Å². The van der Waals surface area contributed by atoms with Crippen LogP contribution in [0.4, 0.5) is 0 Å². The molecule has 60 heavy (non-hydrogen) atoms. The van der Waals surface area contributed by atoms with Gasteiger partial charge in [0, 0.05) is 18.4 Å². The Morgan fingerprint density at radius 1 is 0.650 bits per heavy atom. The number of aliphatic hydroxyl groups is 1. The van der Waals surface area contributed by atoms with Gasteiger partial charge in [0.1, 0.15) is 30.3 Å². The van der Waals surface area contributed by atoms with Crippen molar-refractivity contribution in [2.24, 2.45) is 0 Å². The number of benzene rings is 1. The average Bonchev–Trinajstić information content (AvgIpc) is 3.23. The molecule has 1 aromatic rings. The third-order valence-electron chi connectivity index (χ3n) is 12.2. The number of aliphatic hydroxyl groups excluding tert-OH is 1. The minimum Gasteiger partial charge on any atom is -0.485 e. The number of esters is 2. The number of carbonyl (C=O) groups is 2. The predicted molar refractivity (Wildman–Crippen MR) is 243 cm³/mol. The summed E-state index contributed by atoms with van der Waals surface area (Å²) < 4.78 is 41.9. The number of fused-ring (bicyclic) bond motifs is 1. The van der Waals surface area contributed by atoms with E-state index in [1.807, 2.05) is 20.8 Å². The highest BCUT2D eigenvalue weighted by Gasteiger charge is 2.36. The zero-order valence-electron chi connectivity index (χ0n) is 39.0. The van der Waals surface area contributed by atoms with Gasteiger partial charge in [-0.25, -0.2) is 4.57 Å². The van der Waals surface area contributed by atoms with Gasteiger partial charge < -0.3 is 23.8 Å². The number of phosphoric ester groups is 1. The van der Waals surface area contributed by atoms with Crippen LogP contribution in [0.5, 0.6) is 11.5 Å². The molecular weight excluding hydrogens is 780 g/mol. The molecule has 1 aliphatic rings. The van der Waals surface area contributed by atoms with E-state index in [-0.39, 0.29) is 31.8 Å². The van der Waals surface area contributed by atoms with Crippen LogP contribution < -0.4 is 9.26 Å². The highest BCUT2D eigenvalue weighted by atomic mass is 31.2. The zero-order chi connectivity index (χ0) is 44.1. The van der Waals surface area contributed by atoms with Crippen molar-refractivity contribution in [3.05, 3.63) is 22.3 Å². The smallest absolute Gasteiger partial charge is 0.485 e. The molecule has 348 valence electrons. The van der Waals surface area contributed by atoms with E-state index in [1.54, 1.807) is 6.92 Å². The fourth-order valence-electron chi connectivity index (χ4n) is 8.04. The minimum atomic E-state index is -4.71. The highest BCUT2D eigenvalue weighted by Crippen LogP contribution is 2.50. The standard InChI is InChI=1S/C49H87O10P/c1-7-9-11-13-15-17-19-20-21-22-24-26-28-30-32-34-46(52)57-43(37-55-45(51)33-31-29-27-25-23-18-16-14-12-10-8-2)38-56-60(53,54)59-47-40(3)41(4)48-44(42(47)5)35-36-49(6,39-50)58-48/h43,50H,7-39H2,1-6H3,(H,53,54)/t43-,49?/m1/s1. The minimum absolute atomic E-state index is 0.123. The van der Waals surface area contributed by atoms with E-state index in [2.05, 4.69) is 13.8 Å². The maximum Gasteiger partial charge on any atom is 0.527 e. The summed E-state index contributed by atoms with van der Waals surface area (Å²) in [6, 6.07) is 0. The number of hydrogen-bond donors (Lipinski definition) is 2. The molecule has 0 amide bonds. The Bertz CT molecular complexity index is 1380. The lowest BCUT2D eigenvalue weighted by atomic mass is 9.87. The molecule has 2 unspecified atom stereocenters. The molecule has 0 saturated heterocycles. The van der Waals surface area contributed by atoms with Gasteiger partial charge in [0.05, 0.1) is 6.61 Å². The van der Waals surface area contributed by atoms with Crippen LogP contribution >= 0.6 is 7.82 Å². The summed E-state index contributed by atoms with van der Waals surface area (Å²) in [5, 5.41) is 9.89. The quantitative estimate of drug-likeness (QED) is 0.0378. The molecule has 2 N–H and O–H groups in total. The van der Waals surface area contributed by atoms with Crippen molar-refractivity contribution in [3.8, 4) is 11.5 Å². The molecule has 3 atom stereocenters. The summed E-state index contributed by atoms with van der Waals surface area (Å²) in [5.74, 6) is 0.0340. The van der Waals surface area contributed by atoms with Gasteiger partial charge >= 0.3 is 19.8 Å². The Kier molecular flexibility index (Phi) is 28.5. The SMILES string of the molecule is CCCCCCCCCCCCCCCCCC(=O)O[C@H](COC(=O)CCCCCCCCCCCCC)COP(=O)(O)Oc1c(C)c(C)c2c(c1C)CCC(C)(CO)O2. The molecule has 0 radical (unpaired) electrons. The van der Waals surface area contributed by atoms with Crippen LogP contribution in [0.1, 0.15) is 229 Å². The average molecular weight is 867 g/mol. The van der Waals surface area contributed by atoms with Gasteiger partial charge in [0.15, 0.2) is 6.10 Å². The lowest BCUT2D eigenvalue weighted by molar-refractivity contribution is -0.161. The Morgan fingerprint density at radius 3 is 1.53 bits per heavy atom. The molecular formula is C49H87O10P. The van der Waals surface area contributed by atoms with Crippen molar-refractivity contribution in [2.45, 2.75) is 246 Å². The molecule has 1 aliphatic heterocycles. The second kappa shape index (κ2) is 31.7. The van der Waals surface area contributed by atoms with Crippen molar-refractivity contribution >= 4 is 19.8 Å². The molecule has 0 bridgehead atoms. The second-order valence-electron chi connectivity index (χ2n) is 17.9. The van der Waals surface area contributed by atoms with Crippen molar-refractivity contribution in [3.63, 3.8) is 0 Å². The summed E-state index contributed by atoms with van der Waals surface area (Å²) >= 11 is 0. The second-order valence-corrected chi connectivity index (χ2v) is 19.2. The zero-order valence-corrected chi connectivity index (χ0v) is 39.9. The highest BCUT2D eigenvalue weighted by molar-refractivity contribution is 7.47. The van der Waals surface area contributed by atoms with Crippen LogP contribution in [0.25, 0.3) is 0 Å². The molecule has 11 heteroatoms. The maximum absolute atomic E-state index is 13.4. The molecule has 0 spiro atoms. The fraction of sp³-hybridized carbons (Fsp3) is 0.837. The molecule has 0 saturated carbocycles. The van der Waals surface area contributed by atoms with Crippen molar-refractivity contribution in [2.75, 3.05) is 19.8 Å². The lowest BCUT2D eigenvalue weighted by Crippen LogP contribution is -2.40. The van der Waals surface area contributed by atoms with Gasteiger partial charge in [0.2, 0.25) is 0 Å². The van der Waals surface area contributed by atoms with E-state index in [4.69, 9.17) is 23.3 Å². The number of rotatable bonds is 37. The van der Waals surface area contributed by atoms with Gasteiger partial charge in [-0.3, -0.25) is 19.0 Å². The number of hydrogen-bond acceptors (Lipinski definition) is 9. The lowest BCUT2D eigenvalue weighted by Gasteiger charge is -2.37. The normalized spacial score (nSPS) is 16.5. The third-order valence-corrected chi connectivity index (χ3v) is 13.1. The number of carbonyl (C=O) groups excluding carboxylic acids is 2. The summed E-state index contributed by atoms with van der Waals surface area (Å²) in [6.45, 7) is 10.9. The van der Waals surface area contributed by atoms with Gasteiger partial charge in [-0.1, -0.05) is 168 Å². The van der Waals surface area contributed by atoms with Crippen LogP contribution in [0.3, 0.4) is 0 Å². The molecule has 2 rings (SSSR count). The molecule has 0 fully saturated rings. The van der Waals surface area contributed by atoms with Crippen molar-refractivity contribution < 1.29 is 47.4 Å². The largest absolute Gasteiger partial charge is 0.527 e. The van der Waals surface area contributed by atoms with E-state index < -0.39 is 38.1 Å². The predicted octanol–water partition coefficient (Wildman–Crippen LogP) is 13.6. The number of phosphoric acid groups is 1. The Morgan fingerprint density at radius 2 is 1.08 bits per heavy atom. The van der Waals surface area contributed by atoms with E-state index in [1.165, 1.54) is 122 Å². The van der Waals surface area contributed by atoms with Crippen molar-refractivity contribution in [1.82, 2.24) is 0 Å². The van der Waals surface area contributed by atoms with Crippen LogP contribution in [0.15, 0.2) is 0 Å². The van der Waals surface area contributed by atoms with Crippen LogP contribution in [-0.2, 0) is 34.6 Å². The van der Waals surface area contributed by atoms with Gasteiger partial charge in [-0.15, -0.1) is 0 Å². The Labute approximate surface area is 365 Å². The summed E-state index contributed by atoms with van der Waals surface area (Å²) in [4.78, 5) is 36.6. The first kappa shape index (κ1) is 54.0. The topological polar surface area (TPSA) is 138 Å². The first-order chi connectivity index (χ1) is 28.9. The van der Waals surface area contributed by atoms with Crippen LogP contribution in [0, 0.1) is 20.8 Å². The maximum atomic E-state index is 13.4. The summed E-state index contributed by atoms with van der Waals surface area (Å²) in [6.07, 6.45) is 31.9. The van der Waals surface area contributed by atoms with E-state index in [9.17, 15) is 24.2 Å².